The highest BCUT2D eigenvalue weighted by atomic mass is 16.2. The monoisotopic (exact) mass is 279 g/mol. The first-order valence-corrected chi connectivity index (χ1v) is 6.91. The Morgan fingerprint density at radius 2 is 1.75 bits per heavy atom. The number of anilines is 1. The van der Waals surface area contributed by atoms with Gasteiger partial charge < -0.3 is 9.88 Å². The number of fused-ring (bicyclic) bond motifs is 1. The lowest BCUT2D eigenvalue weighted by Crippen LogP contribution is -2.40. The molecule has 7 nitrogen and oxygen atoms in total. The van der Waals surface area contributed by atoms with Gasteiger partial charge in [0.1, 0.15) is 0 Å². The highest BCUT2D eigenvalue weighted by molar-refractivity contribution is 5.74. The molecule has 0 aliphatic rings. The Morgan fingerprint density at radius 3 is 2.20 bits per heavy atom. The zero-order chi connectivity index (χ0) is 15.0. The quantitative estimate of drug-likeness (QED) is 0.907. The summed E-state index contributed by atoms with van der Waals surface area (Å²) in [5, 5.41) is 2.97. The van der Waals surface area contributed by atoms with Crippen LogP contribution in [0.2, 0.25) is 0 Å². The van der Waals surface area contributed by atoms with Crippen molar-refractivity contribution in [2.45, 2.75) is 46.8 Å². The molecule has 0 bridgehead atoms. The lowest BCUT2D eigenvalue weighted by molar-refractivity contribution is 0.532. The van der Waals surface area contributed by atoms with Gasteiger partial charge in [0.15, 0.2) is 11.2 Å². The molecule has 0 saturated heterocycles. The minimum absolute atomic E-state index is 0.0617. The van der Waals surface area contributed by atoms with Crippen LogP contribution < -0.4 is 16.6 Å². The molecule has 0 aromatic carbocycles. The molecule has 2 heterocycles. The summed E-state index contributed by atoms with van der Waals surface area (Å²) < 4.78 is 4.64. The number of aryl methyl sites for hydroxylation is 1. The maximum atomic E-state index is 12.5. The summed E-state index contributed by atoms with van der Waals surface area (Å²) in [6.07, 6.45) is 0. The average molecular weight is 279 g/mol. The first-order valence-electron chi connectivity index (χ1n) is 6.91. The molecule has 0 spiro atoms. The van der Waals surface area contributed by atoms with E-state index >= 15 is 0 Å². The van der Waals surface area contributed by atoms with Crippen LogP contribution in [0.4, 0.5) is 5.95 Å². The number of hydrogen-bond donors (Lipinski definition) is 1. The van der Waals surface area contributed by atoms with Crippen LogP contribution in [0.25, 0.3) is 11.2 Å². The third-order valence-corrected chi connectivity index (χ3v) is 3.43. The number of aromatic nitrogens is 4. The molecule has 0 aliphatic heterocycles. The lowest BCUT2D eigenvalue weighted by atomic mass is 10.3. The summed E-state index contributed by atoms with van der Waals surface area (Å²) in [6, 6.07) is -0.0617. The Labute approximate surface area is 116 Å². The van der Waals surface area contributed by atoms with Crippen molar-refractivity contribution in [3.63, 3.8) is 0 Å². The van der Waals surface area contributed by atoms with Crippen LogP contribution in [0.15, 0.2) is 9.59 Å². The van der Waals surface area contributed by atoms with Gasteiger partial charge in [-0.2, -0.15) is 4.98 Å². The Hall–Kier alpha value is -2.05. The molecule has 0 radical (unpaired) electrons. The van der Waals surface area contributed by atoms with Gasteiger partial charge >= 0.3 is 5.69 Å². The molecular formula is C13H21N5O2. The highest BCUT2D eigenvalue weighted by Gasteiger charge is 2.21. The van der Waals surface area contributed by atoms with Crippen molar-refractivity contribution in [3.8, 4) is 0 Å². The van der Waals surface area contributed by atoms with E-state index in [-0.39, 0.29) is 17.3 Å². The Bertz CT molecular complexity index is 751. The van der Waals surface area contributed by atoms with E-state index in [1.807, 2.05) is 25.3 Å². The average Bonchev–Trinajstić information content (AvgIpc) is 2.77. The predicted octanol–water partition coefficient (Wildman–Crippen LogP) is 1.02. The molecule has 0 atom stereocenters. The fourth-order valence-corrected chi connectivity index (χ4v) is 2.50. The molecule has 0 unspecified atom stereocenters. The van der Waals surface area contributed by atoms with Gasteiger partial charge in [0.05, 0.1) is 0 Å². The Balaban J connectivity index is 3.09. The standard InChI is InChI=1S/C13H21N5O2/c1-6-16-9-10(15-12(16)14-5)18(8(3)4)13(20)17(7-2)11(9)19/h8H,6-7H2,1-5H3,(H,14,15). The summed E-state index contributed by atoms with van der Waals surface area (Å²) in [5.41, 5.74) is 0.349. The summed E-state index contributed by atoms with van der Waals surface area (Å²) in [5.74, 6) is 0.599. The van der Waals surface area contributed by atoms with Crippen molar-refractivity contribution in [1.82, 2.24) is 18.7 Å². The first kappa shape index (κ1) is 14.4. The van der Waals surface area contributed by atoms with Crippen LogP contribution in [0, 0.1) is 0 Å². The van der Waals surface area contributed by atoms with E-state index in [0.717, 1.165) is 0 Å². The van der Waals surface area contributed by atoms with Crippen molar-refractivity contribution in [3.05, 3.63) is 20.8 Å². The number of rotatable bonds is 4. The van der Waals surface area contributed by atoms with Crippen LogP contribution in [0.1, 0.15) is 33.7 Å². The minimum Gasteiger partial charge on any atom is -0.359 e. The van der Waals surface area contributed by atoms with Crippen molar-refractivity contribution >= 4 is 17.1 Å². The Kier molecular flexibility index (Phi) is 3.69. The molecule has 2 aromatic rings. The molecule has 2 aromatic heterocycles. The van der Waals surface area contributed by atoms with E-state index in [1.54, 1.807) is 18.5 Å². The molecule has 0 saturated carbocycles. The first-order chi connectivity index (χ1) is 9.47. The van der Waals surface area contributed by atoms with E-state index in [1.165, 1.54) is 4.57 Å². The van der Waals surface area contributed by atoms with Crippen molar-refractivity contribution in [2.75, 3.05) is 12.4 Å². The van der Waals surface area contributed by atoms with Gasteiger partial charge in [-0.1, -0.05) is 0 Å². The van der Waals surface area contributed by atoms with Crippen LogP contribution >= 0.6 is 0 Å². The van der Waals surface area contributed by atoms with Crippen molar-refractivity contribution < 1.29 is 0 Å². The maximum Gasteiger partial charge on any atom is 0.332 e. The van der Waals surface area contributed by atoms with E-state index in [9.17, 15) is 9.59 Å². The fourth-order valence-electron chi connectivity index (χ4n) is 2.50. The zero-order valence-corrected chi connectivity index (χ0v) is 12.6. The normalized spacial score (nSPS) is 11.5. The number of nitrogens with one attached hydrogen (secondary N) is 1. The smallest absolute Gasteiger partial charge is 0.332 e. The third-order valence-electron chi connectivity index (χ3n) is 3.43. The van der Waals surface area contributed by atoms with Crippen molar-refractivity contribution in [2.24, 2.45) is 0 Å². The van der Waals surface area contributed by atoms with E-state index < -0.39 is 0 Å². The summed E-state index contributed by atoms with van der Waals surface area (Å²) in [4.78, 5) is 29.4. The second-order valence-electron chi connectivity index (χ2n) is 4.90. The largest absolute Gasteiger partial charge is 0.359 e. The van der Waals surface area contributed by atoms with Gasteiger partial charge in [-0.3, -0.25) is 13.9 Å². The lowest BCUT2D eigenvalue weighted by Gasteiger charge is -2.13. The number of imidazole rings is 1. The molecule has 2 rings (SSSR count). The maximum absolute atomic E-state index is 12.5. The molecule has 0 fully saturated rings. The summed E-state index contributed by atoms with van der Waals surface area (Å²) in [7, 11) is 1.75. The molecule has 7 heteroatoms. The molecule has 0 aliphatic carbocycles. The number of nitrogens with zero attached hydrogens (tertiary/aromatic N) is 4. The van der Waals surface area contributed by atoms with Crippen molar-refractivity contribution in [1.29, 1.82) is 0 Å². The summed E-state index contributed by atoms with van der Waals surface area (Å²) >= 11 is 0. The zero-order valence-electron chi connectivity index (χ0n) is 12.6. The Morgan fingerprint density at radius 1 is 1.15 bits per heavy atom. The van der Waals surface area contributed by atoms with Gasteiger partial charge in [-0.05, 0) is 27.7 Å². The molecular weight excluding hydrogens is 258 g/mol. The highest BCUT2D eigenvalue weighted by Crippen LogP contribution is 2.17. The second-order valence-corrected chi connectivity index (χ2v) is 4.90. The van der Waals surface area contributed by atoms with E-state index in [0.29, 0.717) is 30.2 Å². The SMILES string of the molecule is CCn1c(=O)c2c(nc(NC)n2CC)n(C(C)C)c1=O. The fraction of sp³-hybridized carbons (Fsp3) is 0.615. The molecule has 1 N–H and O–H groups in total. The topological polar surface area (TPSA) is 73.8 Å². The van der Waals surface area contributed by atoms with E-state index in [4.69, 9.17) is 0 Å². The second kappa shape index (κ2) is 5.15. The van der Waals surface area contributed by atoms with Crippen LogP contribution in [-0.4, -0.2) is 25.7 Å². The van der Waals surface area contributed by atoms with Crippen LogP contribution in [0.3, 0.4) is 0 Å². The van der Waals surface area contributed by atoms with Gasteiger partial charge in [-0.25, -0.2) is 4.79 Å². The molecule has 20 heavy (non-hydrogen) atoms. The predicted molar refractivity (Wildman–Crippen MR) is 79.5 cm³/mol. The molecule has 0 amide bonds. The van der Waals surface area contributed by atoms with Crippen LogP contribution in [0.5, 0.6) is 0 Å². The minimum atomic E-state index is -0.302. The van der Waals surface area contributed by atoms with Gasteiger partial charge in [-0.15, -0.1) is 0 Å². The van der Waals surface area contributed by atoms with E-state index in [2.05, 4.69) is 10.3 Å². The number of hydrogen-bond acceptors (Lipinski definition) is 4. The van der Waals surface area contributed by atoms with Gasteiger partial charge in [0, 0.05) is 26.2 Å². The van der Waals surface area contributed by atoms with Crippen LogP contribution in [-0.2, 0) is 13.1 Å². The van der Waals surface area contributed by atoms with Gasteiger partial charge in [0.2, 0.25) is 5.95 Å². The third kappa shape index (κ3) is 1.85. The van der Waals surface area contributed by atoms with Gasteiger partial charge in [0.25, 0.3) is 5.56 Å². The summed E-state index contributed by atoms with van der Waals surface area (Å²) in [6.45, 7) is 8.53. The molecule has 110 valence electrons.